The van der Waals surface area contributed by atoms with Crippen LogP contribution in [0.3, 0.4) is 0 Å². The molecule has 0 atom stereocenters. The maximum atomic E-state index is 2.31. The van der Waals surface area contributed by atoms with Crippen LogP contribution in [0, 0.1) is 0 Å². The molecule has 25 heavy (non-hydrogen) atoms. The third-order valence-corrected chi connectivity index (χ3v) is 4.67. The Bertz CT molecular complexity index is 1200. The quantitative estimate of drug-likeness (QED) is 0.308. The molecule has 0 bridgehead atoms. The molecule has 0 fully saturated rings. The maximum Gasteiger partial charge on any atom is 0.218 e. The third-order valence-electron chi connectivity index (χ3n) is 4.67. The van der Waals surface area contributed by atoms with Gasteiger partial charge >= 0.3 is 0 Å². The van der Waals surface area contributed by atoms with Crippen LogP contribution in [-0.4, -0.2) is 0 Å². The van der Waals surface area contributed by atoms with E-state index in [4.69, 9.17) is 0 Å². The first-order chi connectivity index (χ1) is 11.9. The molecule has 4 aromatic carbocycles. The molecule has 0 aliphatic heterocycles. The summed E-state index contributed by atoms with van der Waals surface area (Å²) in [5.74, 6) is 0. The van der Waals surface area contributed by atoms with Crippen LogP contribution in [0.1, 0.15) is 0 Å². The maximum absolute atomic E-state index is 2.31. The number of hydrogen-bond acceptors (Lipinski definition) is 0. The number of hydrogen-bond donors (Lipinski definition) is 0. The van der Waals surface area contributed by atoms with Gasteiger partial charge in [-0.25, -0.2) is 0 Å². The van der Waals surface area contributed by atoms with Crippen LogP contribution >= 0.6 is 0 Å². The van der Waals surface area contributed by atoms with Gasteiger partial charge in [0.15, 0.2) is 12.4 Å². The minimum Gasteiger partial charge on any atom is -1.00 e. The number of halogens is 1. The molecular weight excluding hydrogens is 370 g/mol. The highest BCUT2D eigenvalue weighted by atomic mass is 79.9. The second kappa shape index (κ2) is 6.30. The normalized spacial score (nSPS) is 10.9. The Labute approximate surface area is 156 Å². The van der Waals surface area contributed by atoms with Gasteiger partial charge < -0.3 is 17.0 Å². The van der Waals surface area contributed by atoms with Gasteiger partial charge in [-0.15, -0.1) is 0 Å². The van der Waals surface area contributed by atoms with Crippen molar-refractivity contribution >= 4 is 32.3 Å². The molecular formula is C23H16BrN. The zero-order valence-corrected chi connectivity index (χ0v) is 15.1. The molecule has 0 spiro atoms. The van der Waals surface area contributed by atoms with E-state index in [2.05, 4.69) is 95.8 Å². The Morgan fingerprint density at radius 3 is 1.80 bits per heavy atom. The average Bonchev–Trinajstić information content (AvgIpc) is 2.65. The zero-order valence-electron chi connectivity index (χ0n) is 13.6. The largest absolute Gasteiger partial charge is 1.00 e. The van der Waals surface area contributed by atoms with Crippen LogP contribution in [0.5, 0.6) is 0 Å². The third kappa shape index (κ3) is 2.69. The van der Waals surface area contributed by atoms with Gasteiger partial charge in [-0.05, 0) is 51.2 Å². The minimum absolute atomic E-state index is 0. The summed E-state index contributed by atoms with van der Waals surface area (Å²) in [7, 11) is 0. The van der Waals surface area contributed by atoms with E-state index in [1.165, 1.54) is 38.0 Å². The monoisotopic (exact) mass is 385 g/mol. The molecule has 0 aliphatic rings. The summed E-state index contributed by atoms with van der Waals surface area (Å²) in [5.41, 5.74) is 1.21. The fourth-order valence-corrected chi connectivity index (χ4v) is 3.49. The fraction of sp³-hybridized carbons (Fsp3) is 0. The molecule has 0 N–H and O–H groups in total. The number of benzene rings is 4. The molecule has 0 aliphatic carbocycles. The molecule has 0 amide bonds. The van der Waals surface area contributed by atoms with Crippen LogP contribution in [0.2, 0.25) is 0 Å². The molecule has 0 radical (unpaired) electrons. The first kappa shape index (κ1) is 15.8. The number of pyridine rings is 1. The highest BCUT2D eigenvalue weighted by Gasteiger charge is 2.11. The minimum atomic E-state index is 0. The molecule has 5 aromatic rings. The number of aromatic nitrogens is 1. The van der Waals surface area contributed by atoms with Gasteiger partial charge in [0.2, 0.25) is 5.69 Å². The second-order valence-electron chi connectivity index (χ2n) is 6.18. The molecule has 5 rings (SSSR count). The van der Waals surface area contributed by atoms with Gasteiger partial charge in [0, 0.05) is 18.2 Å². The summed E-state index contributed by atoms with van der Waals surface area (Å²) in [6.07, 6.45) is 4.19. The summed E-state index contributed by atoms with van der Waals surface area (Å²) in [6.45, 7) is 0. The van der Waals surface area contributed by atoms with Crippen molar-refractivity contribution in [2.24, 2.45) is 0 Å². The molecule has 0 saturated carbocycles. The molecule has 1 nitrogen and oxygen atoms in total. The standard InChI is InChI=1S/C23H16N.BrH/c1-4-11-24(12-5-1)23-10-6-9-19-15-20-13-17-7-2-3-8-18(17)14-21(20)16-22(19)23;/h1-16H;1H/q+1;/p-1. The van der Waals surface area contributed by atoms with Crippen molar-refractivity contribution in [1.29, 1.82) is 0 Å². The molecule has 120 valence electrons. The van der Waals surface area contributed by atoms with Crippen molar-refractivity contribution in [2.45, 2.75) is 0 Å². The fourth-order valence-electron chi connectivity index (χ4n) is 3.49. The summed E-state index contributed by atoms with van der Waals surface area (Å²) < 4.78 is 2.18. The summed E-state index contributed by atoms with van der Waals surface area (Å²) in [6, 6.07) is 30.4. The smallest absolute Gasteiger partial charge is 0.218 e. The van der Waals surface area contributed by atoms with Crippen molar-refractivity contribution in [1.82, 2.24) is 0 Å². The predicted molar refractivity (Wildman–Crippen MR) is 100 cm³/mol. The lowest BCUT2D eigenvalue weighted by molar-refractivity contribution is -0.594. The van der Waals surface area contributed by atoms with E-state index < -0.39 is 0 Å². The number of rotatable bonds is 1. The Balaban J connectivity index is 0.00000157. The van der Waals surface area contributed by atoms with E-state index >= 15 is 0 Å². The molecule has 1 heterocycles. The van der Waals surface area contributed by atoms with Crippen molar-refractivity contribution in [3.63, 3.8) is 0 Å². The van der Waals surface area contributed by atoms with Gasteiger partial charge in [0.05, 0.1) is 5.39 Å². The highest BCUT2D eigenvalue weighted by molar-refractivity contribution is 6.06. The lowest BCUT2D eigenvalue weighted by Crippen LogP contribution is -3.00. The average molecular weight is 386 g/mol. The Morgan fingerprint density at radius 2 is 1.08 bits per heavy atom. The van der Waals surface area contributed by atoms with Crippen LogP contribution in [0.4, 0.5) is 0 Å². The van der Waals surface area contributed by atoms with Crippen molar-refractivity contribution in [2.75, 3.05) is 0 Å². The summed E-state index contributed by atoms with van der Waals surface area (Å²) in [5, 5.41) is 7.69. The van der Waals surface area contributed by atoms with Gasteiger partial charge in [0.1, 0.15) is 0 Å². The van der Waals surface area contributed by atoms with Crippen LogP contribution in [0.25, 0.3) is 38.0 Å². The zero-order chi connectivity index (χ0) is 15.9. The summed E-state index contributed by atoms with van der Waals surface area (Å²) in [4.78, 5) is 0. The molecule has 0 saturated heterocycles. The Kier molecular flexibility index (Phi) is 3.98. The van der Waals surface area contributed by atoms with E-state index in [1.54, 1.807) is 0 Å². The van der Waals surface area contributed by atoms with Crippen molar-refractivity contribution < 1.29 is 21.5 Å². The van der Waals surface area contributed by atoms with Gasteiger partial charge in [0.25, 0.3) is 0 Å². The number of nitrogens with zero attached hydrogens (tertiary/aromatic N) is 1. The van der Waals surface area contributed by atoms with Gasteiger partial charge in [-0.2, -0.15) is 4.57 Å². The van der Waals surface area contributed by atoms with E-state index in [9.17, 15) is 0 Å². The van der Waals surface area contributed by atoms with E-state index in [1.807, 2.05) is 6.07 Å². The van der Waals surface area contributed by atoms with E-state index in [0.717, 1.165) is 0 Å². The topological polar surface area (TPSA) is 3.88 Å². The van der Waals surface area contributed by atoms with Gasteiger partial charge in [-0.3, -0.25) is 0 Å². The lowest BCUT2D eigenvalue weighted by atomic mass is 9.99. The Hall–Kier alpha value is -2.71. The number of fused-ring (bicyclic) bond motifs is 3. The highest BCUT2D eigenvalue weighted by Crippen LogP contribution is 2.29. The first-order valence-corrected chi connectivity index (χ1v) is 8.20. The summed E-state index contributed by atoms with van der Waals surface area (Å²) >= 11 is 0. The second-order valence-corrected chi connectivity index (χ2v) is 6.18. The first-order valence-electron chi connectivity index (χ1n) is 8.20. The molecule has 0 unspecified atom stereocenters. The van der Waals surface area contributed by atoms with Crippen LogP contribution < -0.4 is 21.5 Å². The molecule has 1 aromatic heterocycles. The van der Waals surface area contributed by atoms with Crippen LogP contribution in [-0.2, 0) is 0 Å². The van der Waals surface area contributed by atoms with E-state index in [-0.39, 0.29) is 17.0 Å². The van der Waals surface area contributed by atoms with E-state index in [0.29, 0.717) is 0 Å². The Morgan fingerprint density at radius 1 is 0.480 bits per heavy atom. The molecule has 2 heteroatoms. The van der Waals surface area contributed by atoms with Gasteiger partial charge in [-0.1, -0.05) is 42.5 Å². The predicted octanol–water partition coefficient (Wildman–Crippen LogP) is 2.43. The lowest BCUT2D eigenvalue weighted by Gasteiger charge is -2.06. The van der Waals surface area contributed by atoms with Crippen LogP contribution in [0.15, 0.2) is 97.3 Å². The van der Waals surface area contributed by atoms with Crippen molar-refractivity contribution in [3.8, 4) is 5.69 Å². The SMILES string of the molecule is [Br-].c1cc[n+](-c2cccc3cc4cc5ccccc5cc4cc23)cc1. The van der Waals surface area contributed by atoms with Crippen molar-refractivity contribution in [3.05, 3.63) is 97.3 Å².